The summed E-state index contributed by atoms with van der Waals surface area (Å²) in [4.78, 5) is 3.75. The third kappa shape index (κ3) is 2.80. The molecular formula is C22H27N2S+. The highest BCUT2D eigenvalue weighted by atomic mass is 32.2. The summed E-state index contributed by atoms with van der Waals surface area (Å²) in [6, 6.07) is 14.1. The Kier molecular flexibility index (Phi) is 4.17. The minimum atomic E-state index is 0.0746. The predicted octanol–water partition coefficient (Wildman–Crippen LogP) is 4.92. The molecule has 25 heavy (non-hydrogen) atoms. The van der Waals surface area contributed by atoms with E-state index in [1.165, 1.54) is 38.1 Å². The molecule has 3 heteroatoms. The molecule has 1 unspecified atom stereocenters. The first-order valence-corrected chi connectivity index (χ1v) is 10.6. The highest BCUT2D eigenvalue weighted by molar-refractivity contribution is 7.95. The maximum absolute atomic E-state index is 2.49. The number of hydrogen-bond donors (Lipinski definition) is 0. The van der Waals surface area contributed by atoms with Gasteiger partial charge in [-0.15, -0.1) is 0 Å². The van der Waals surface area contributed by atoms with Gasteiger partial charge in [-0.05, 0) is 55.8 Å². The molecule has 0 spiro atoms. The topological polar surface area (TPSA) is 8.17 Å². The molecule has 2 heterocycles. The van der Waals surface area contributed by atoms with Gasteiger partial charge in [0.25, 0.3) is 0 Å². The SMILES string of the molecule is CC(C)c1ccc2c3cn(c2c1)[S+](C)c1cc(CCN(C)C)ccc1-3. The van der Waals surface area contributed by atoms with Crippen molar-refractivity contribution in [2.45, 2.75) is 31.1 Å². The lowest BCUT2D eigenvalue weighted by molar-refractivity contribution is 0.413. The predicted molar refractivity (Wildman–Crippen MR) is 111 cm³/mol. The first-order valence-electron chi connectivity index (χ1n) is 9.05. The Labute approximate surface area is 153 Å². The van der Waals surface area contributed by atoms with Gasteiger partial charge in [0.2, 0.25) is 0 Å². The van der Waals surface area contributed by atoms with Crippen molar-refractivity contribution in [2.75, 3.05) is 26.9 Å². The Hall–Kier alpha value is -1.71. The number of fused-ring (bicyclic) bond motifs is 7. The Bertz CT molecular complexity index is 937. The number of benzene rings is 2. The molecule has 0 radical (unpaired) electrons. The molecule has 0 aliphatic carbocycles. The summed E-state index contributed by atoms with van der Waals surface area (Å²) in [6.07, 6.45) is 5.83. The summed E-state index contributed by atoms with van der Waals surface area (Å²) >= 11 is 0.0746. The fraction of sp³-hybridized carbons (Fsp3) is 0.364. The second-order valence-electron chi connectivity index (χ2n) is 7.66. The van der Waals surface area contributed by atoms with E-state index < -0.39 is 0 Å². The van der Waals surface area contributed by atoms with E-state index in [1.807, 2.05) is 0 Å². The molecule has 4 rings (SSSR count). The molecule has 1 atom stereocenters. The van der Waals surface area contributed by atoms with Gasteiger partial charge in [0.05, 0.1) is 11.7 Å². The zero-order chi connectivity index (χ0) is 17.7. The largest absolute Gasteiger partial charge is 0.309 e. The molecule has 2 aromatic carbocycles. The van der Waals surface area contributed by atoms with E-state index >= 15 is 0 Å². The van der Waals surface area contributed by atoms with Crippen LogP contribution in [0.15, 0.2) is 47.5 Å². The average molecular weight is 352 g/mol. The zero-order valence-corrected chi connectivity index (χ0v) is 16.7. The molecule has 1 aliphatic heterocycles. The third-order valence-corrected chi connectivity index (χ3v) is 7.13. The monoisotopic (exact) mass is 351 g/mol. The molecule has 1 aliphatic rings. The number of likely N-dealkylation sites (N-methyl/N-ethyl adjacent to an activating group) is 1. The Balaban J connectivity index is 1.82. The van der Waals surface area contributed by atoms with Gasteiger partial charge in [0.15, 0.2) is 4.90 Å². The van der Waals surface area contributed by atoms with Crippen LogP contribution < -0.4 is 0 Å². The van der Waals surface area contributed by atoms with Crippen molar-refractivity contribution in [1.82, 2.24) is 8.87 Å². The van der Waals surface area contributed by atoms with E-state index in [-0.39, 0.29) is 11.1 Å². The summed E-state index contributed by atoms with van der Waals surface area (Å²) in [5.74, 6) is 0.565. The summed E-state index contributed by atoms with van der Waals surface area (Å²) in [7, 11) is 4.28. The van der Waals surface area contributed by atoms with Crippen LogP contribution in [0.5, 0.6) is 0 Å². The Morgan fingerprint density at radius 3 is 2.56 bits per heavy atom. The van der Waals surface area contributed by atoms with Crippen molar-refractivity contribution in [3.8, 4) is 11.1 Å². The second-order valence-corrected chi connectivity index (χ2v) is 9.45. The summed E-state index contributed by atoms with van der Waals surface area (Å²) < 4.78 is 2.49. The lowest BCUT2D eigenvalue weighted by Gasteiger charge is -2.14. The summed E-state index contributed by atoms with van der Waals surface area (Å²) in [5, 5.41) is 1.39. The van der Waals surface area contributed by atoms with Crippen LogP contribution in [0.3, 0.4) is 0 Å². The van der Waals surface area contributed by atoms with Crippen molar-refractivity contribution in [3.63, 3.8) is 0 Å². The summed E-state index contributed by atoms with van der Waals surface area (Å²) in [5.41, 5.74) is 7.07. The smallest absolute Gasteiger partial charge is 0.189 e. The maximum Gasteiger partial charge on any atom is 0.189 e. The van der Waals surface area contributed by atoms with E-state index in [4.69, 9.17) is 0 Å². The highest BCUT2D eigenvalue weighted by Crippen LogP contribution is 2.42. The van der Waals surface area contributed by atoms with Crippen LogP contribution >= 0.6 is 0 Å². The quantitative estimate of drug-likeness (QED) is 0.606. The highest BCUT2D eigenvalue weighted by Gasteiger charge is 2.33. The van der Waals surface area contributed by atoms with Crippen molar-refractivity contribution < 1.29 is 0 Å². The van der Waals surface area contributed by atoms with Crippen LogP contribution in [0, 0.1) is 0 Å². The van der Waals surface area contributed by atoms with Gasteiger partial charge in [-0.25, -0.2) is 0 Å². The minimum absolute atomic E-state index is 0.0746. The van der Waals surface area contributed by atoms with E-state index in [0.717, 1.165) is 13.0 Å². The van der Waals surface area contributed by atoms with Gasteiger partial charge in [-0.1, -0.05) is 32.0 Å². The number of aromatic nitrogens is 1. The van der Waals surface area contributed by atoms with Gasteiger partial charge in [0, 0.05) is 23.1 Å². The van der Waals surface area contributed by atoms with Gasteiger partial charge >= 0.3 is 0 Å². The first kappa shape index (κ1) is 16.7. The standard InChI is InChI=1S/C22H27N2S/c1-15(2)17-7-9-18-20-14-24(21(18)13-17)25(5)22-12-16(6-8-19(20)22)10-11-23(3)4/h6-9,12-15H,10-11H2,1-5H3/q+1. The van der Waals surface area contributed by atoms with Crippen LogP contribution in [0.1, 0.15) is 30.9 Å². The van der Waals surface area contributed by atoms with Crippen LogP contribution in [0.4, 0.5) is 0 Å². The van der Waals surface area contributed by atoms with Gasteiger partial charge in [-0.3, -0.25) is 0 Å². The number of rotatable bonds is 4. The summed E-state index contributed by atoms with van der Waals surface area (Å²) in [6.45, 7) is 5.64. The third-order valence-electron chi connectivity index (χ3n) is 5.26. The molecule has 2 bridgehead atoms. The van der Waals surface area contributed by atoms with Crippen molar-refractivity contribution in [2.24, 2.45) is 0 Å². The molecule has 0 fully saturated rings. The molecule has 3 aromatic rings. The van der Waals surface area contributed by atoms with Crippen LogP contribution in [0.2, 0.25) is 0 Å². The lowest BCUT2D eigenvalue weighted by Crippen LogP contribution is -2.17. The Morgan fingerprint density at radius 2 is 1.84 bits per heavy atom. The van der Waals surface area contributed by atoms with Gasteiger partial charge < -0.3 is 4.90 Å². The van der Waals surface area contributed by atoms with Crippen LogP contribution in [-0.4, -0.2) is 35.8 Å². The van der Waals surface area contributed by atoms with Crippen molar-refractivity contribution in [3.05, 3.63) is 53.7 Å². The van der Waals surface area contributed by atoms with E-state index in [0.29, 0.717) is 5.92 Å². The second kappa shape index (κ2) is 6.22. The molecular weight excluding hydrogens is 324 g/mol. The fourth-order valence-electron chi connectivity index (χ4n) is 3.66. The van der Waals surface area contributed by atoms with Gasteiger partial charge in [0.1, 0.15) is 17.3 Å². The maximum atomic E-state index is 2.49. The average Bonchev–Trinajstić information content (AvgIpc) is 2.93. The molecule has 1 aromatic heterocycles. The lowest BCUT2D eigenvalue weighted by atomic mass is 9.98. The molecule has 0 amide bonds. The fourth-order valence-corrected chi connectivity index (χ4v) is 5.40. The molecule has 0 N–H and O–H groups in total. The van der Waals surface area contributed by atoms with E-state index in [9.17, 15) is 0 Å². The minimum Gasteiger partial charge on any atom is -0.309 e. The van der Waals surface area contributed by atoms with Crippen molar-refractivity contribution in [1.29, 1.82) is 0 Å². The van der Waals surface area contributed by atoms with Gasteiger partial charge in [-0.2, -0.15) is 3.97 Å². The van der Waals surface area contributed by atoms with Crippen LogP contribution in [0.25, 0.3) is 22.0 Å². The van der Waals surface area contributed by atoms with Crippen molar-refractivity contribution >= 4 is 22.0 Å². The van der Waals surface area contributed by atoms with E-state index in [2.05, 4.69) is 85.7 Å². The number of nitrogens with zero attached hydrogens (tertiary/aromatic N) is 2. The first-order chi connectivity index (χ1) is 12.0. The van der Waals surface area contributed by atoms with Crippen LogP contribution in [-0.2, 0) is 17.5 Å². The molecule has 0 saturated heterocycles. The normalized spacial score (nSPS) is 16.0. The molecule has 0 saturated carbocycles. The Morgan fingerprint density at radius 1 is 1.04 bits per heavy atom. The molecule has 130 valence electrons. The number of hydrogen-bond acceptors (Lipinski definition) is 1. The van der Waals surface area contributed by atoms with E-state index in [1.54, 1.807) is 0 Å². The molecule has 2 nitrogen and oxygen atoms in total. The zero-order valence-electron chi connectivity index (χ0n) is 15.8.